The maximum Gasteiger partial charge on any atom is 0.252 e. The second kappa shape index (κ2) is 10.8. The third kappa shape index (κ3) is 4.99. The topological polar surface area (TPSA) is 79.7 Å². The minimum absolute atomic E-state index is 0.0198. The zero-order valence-electron chi connectivity index (χ0n) is 22.5. The van der Waals surface area contributed by atoms with Gasteiger partial charge in [-0.25, -0.2) is 4.68 Å². The van der Waals surface area contributed by atoms with Crippen LogP contribution in [0.2, 0.25) is 0 Å². The Morgan fingerprint density at radius 2 is 1.72 bits per heavy atom. The van der Waals surface area contributed by atoms with E-state index in [2.05, 4.69) is 76.0 Å². The molecule has 2 aliphatic carbocycles. The van der Waals surface area contributed by atoms with Gasteiger partial charge in [-0.15, -0.1) is 5.10 Å². The first kappa shape index (κ1) is 25.1. The first-order valence-corrected chi connectivity index (χ1v) is 14.1. The molecular formula is C29H42N6O. The van der Waals surface area contributed by atoms with Crippen LogP contribution in [-0.2, 0) is 6.54 Å². The van der Waals surface area contributed by atoms with E-state index >= 15 is 0 Å². The van der Waals surface area contributed by atoms with Gasteiger partial charge in [0.15, 0.2) is 5.82 Å². The predicted octanol–water partition coefficient (Wildman–Crippen LogP) is 6.17. The molecule has 0 aliphatic heterocycles. The van der Waals surface area contributed by atoms with Crippen molar-refractivity contribution in [3.05, 3.63) is 51.1 Å². The molecular weight excluding hydrogens is 448 g/mol. The van der Waals surface area contributed by atoms with Crippen LogP contribution >= 0.6 is 0 Å². The van der Waals surface area contributed by atoms with Gasteiger partial charge < -0.3 is 4.98 Å². The Kier molecular flexibility index (Phi) is 7.56. The number of rotatable bonds is 7. The van der Waals surface area contributed by atoms with E-state index < -0.39 is 0 Å². The van der Waals surface area contributed by atoms with E-state index in [9.17, 15) is 4.79 Å². The SMILES string of the molecule is Cc1ccc2cc(CN(C3CCCCC3)[C@H](c3nnnn3C3CCCCC3)C(C)C)c(=O)[nH]c2c1C. The molecule has 0 unspecified atom stereocenters. The third-order valence-electron chi connectivity index (χ3n) is 8.72. The second-order valence-electron chi connectivity index (χ2n) is 11.5. The maximum absolute atomic E-state index is 13.4. The first-order valence-electron chi connectivity index (χ1n) is 14.1. The Labute approximate surface area is 214 Å². The predicted molar refractivity (Wildman–Crippen MR) is 144 cm³/mol. The van der Waals surface area contributed by atoms with Crippen molar-refractivity contribution in [3.63, 3.8) is 0 Å². The number of hydrogen-bond donors (Lipinski definition) is 1. The van der Waals surface area contributed by atoms with Crippen LogP contribution in [0.5, 0.6) is 0 Å². The minimum Gasteiger partial charge on any atom is -0.321 e. The summed E-state index contributed by atoms with van der Waals surface area (Å²) in [5, 5.41) is 14.4. The number of pyridine rings is 1. The molecule has 0 radical (unpaired) electrons. The van der Waals surface area contributed by atoms with Crippen LogP contribution in [0.4, 0.5) is 0 Å². The molecule has 3 aromatic rings. The normalized spacial score (nSPS) is 18.9. The van der Waals surface area contributed by atoms with Gasteiger partial charge in [0.1, 0.15) is 0 Å². The Morgan fingerprint density at radius 1 is 1.03 bits per heavy atom. The molecule has 36 heavy (non-hydrogen) atoms. The van der Waals surface area contributed by atoms with E-state index in [4.69, 9.17) is 0 Å². The summed E-state index contributed by atoms with van der Waals surface area (Å²) in [7, 11) is 0. The molecule has 5 rings (SSSR count). The lowest BCUT2D eigenvalue weighted by Gasteiger charge is -2.41. The van der Waals surface area contributed by atoms with Crippen molar-refractivity contribution in [2.24, 2.45) is 5.92 Å². The van der Waals surface area contributed by atoms with Gasteiger partial charge in [0.2, 0.25) is 0 Å². The average Bonchev–Trinajstić information content (AvgIpc) is 3.37. The molecule has 7 nitrogen and oxygen atoms in total. The van der Waals surface area contributed by atoms with E-state index in [0.717, 1.165) is 53.5 Å². The highest BCUT2D eigenvalue weighted by molar-refractivity contribution is 5.83. The highest BCUT2D eigenvalue weighted by Gasteiger charge is 2.36. The molecule has 2 heterocycles. The van der Waals surface area contributed by atoms with E-state index in [0.29, 0.717) is 24.5 Å². The van der Waals surface area contributed by atoms with E-state index in [-0.39, 0.29) is 11.6 Å². The number of nitrogens with zero attached hydrogens (tertiary/aromatic N) is 5. The third-order valence-corrected chi connectivity index (χ3v) is 8.72. The van der Waals surface area contributed by atoms with E-state index in [1.54, 1.807) is 0 Å². The van der Waals surface area contributed by atoms with Crippen molar-refractivity contribution in [2.75, 3.05) is 0 Å². The summed E-state index contributed by atoms with van der Waals surface area (Å²) in [6.07, 6.45) is 12.2. The van der Waals surface area contributed by atoms with Crippen molar-refractivity contribution in [2.45, 2.75) is 117 Å². The van der Waals surface area contributed by atoms with Gasteiger partial charge in [-0.1, -0.05) is 64.5 Å². The zero-order chi connectivity index (χ0) is 25.2. The molecule has 2 aliphatic rings. The molecule has 2 saturated carbocycles. The van der Waals surface area contributed by atoms with Crippen LogP contribution in [0.15, 0.2) is 23.0 Å². The van der Waals surface area contributed by atoms with E-state index in [1.807, 2.05) is 0 Å². The van der Waals surface area contributed by atoms with Gasteiger partial charge in [-0.3, -0.25) is 9.69 Å². The Hall–Kier alpha value is -2.54. The molecule has 0 spiro atoms. The van der Waals surface area contributed by atoms with Crippen molar-refractivity contribution in [3.8, 4) is 0 Å². The summed E-state index contributed by atoms with van der Waals surface area (Å²) in [6.45, 7) is 9.34. The summed E-state index contributed by atoms with van der Waals surface area (Å²) < 4.78 is 2.14. The van der Waals surface area contributed by atoms with Gasteiger partial charge in [-0.2, -0.15) is 0 Å². The fourth-order valence-electron chi connectivity index (χ4n) is 6.56. The summed E-state index contributed by atoms with van der Waals surface area (Å²) in [4.78, 5) is 19.2. The number of nitrogens with one attached hydrogen (secondary N) is 1. The van der Waals surface area contributed by atoms with Gasteiger partial charge in [0.25, 0.3) is 5.56 Å². The van der Waals surface area contributed by atoms with Gasteiger partial charge in [-0.05, 0) is 78.5 Å². The first-order chi connectivity index (χ1) is 17.4. The van der Waals surface area contributed by atoms with Gasteiger partial charge in [0, 0.05) is 18.2 Å². The smallest absolute Gasteiger partial charge is 0.252 e. The molecule has 0 bridgehead atoms. The molecule has 2 fully saturated rings. The summed E-state index contributed by atoms with van der Waals surface area (Å²) >= 11 is 0. The standard InChI is InChI=1S/C29H42N6O/c1-19(2)27(28-31-32-33-35(28)25-13-9-6-10-14-25)34(24-11-7-5-8-12-24)18-23-17-22-16-15-20(3)21(4)26(22)30-29(23)36/h15-17,19,24-25,27H,5-14,18H2,1-4H3,(H,30,36)/t27-/m0/s1. The number of aromatic amines is 1. The lowest BCUT2D eigenvalue weighted by atomic mass is 9.89. The highest BCUT2D eigenvalue weighted by Crippen LogP contribution is 2.37. The van der Waals surface area contributed by atoms with Crippen molar-refractivity contribution in [1.29, 1.82) is 0 Å². The molecule has 0 saturated heterocycles. The van der Waals surface area contributed by atoms with Crippen molar-refractivity contribution in [1.82, 2.24) is 30.1 Å². The van der Waals surface area contributed by atoms with Crippen LogP contribution in [0, 0.1) is 19.8 Å². The average molecular weight is 491 g/mol. The lowest BCUT2D eigenvalue weighted by molar-refractivity contribution is 0.0590. The number of benzene rings is 1. The number of fused-ring (bicyclic) bond motifs is 1. The Morgan fingerprint density at radius 3 is 2.42 bits per heavy atom. The van der Waals surface area contributed by atoms with E-state index in [1.165, 1.54) is 44.1 Å². The van der Waals surface area contributed by atoms with Gasteiger partial charge in [0.05, 0.1) is 17.6 Å². The van der Waals surface area contributed by atoms with Crippen molar-refractivity contribution >= 4 is 10.9 Å². The van der Waals surface area contributed by atoms with Crippen molar-refractivity contribution < 1.29 is 0 Å². The molecule has 1 atom stereocenters. The Bertz CT molecular complexity index is 1230. The van der Waals surface area contributed by atoms with Crippen LogP contribution < -0.4 is 5.56 Å². The lowest BCUT2D eigenvalue weighted by Crippen LogP contribution is -2.43. The van der Waals surface area contributed by atoms with Crippen LogP contribution in [0.1, 0.15) is 113 Å². The fourth-order valence-corrected chi connectivity index (χ4v) is 6.56. The van der Waals surface area contributed by atoms with Crippen LogP contribution in [0.25, 0.3) is 10.9 Å². The molecule has 194 valence electrons. The molecule has 1 N–H and O–H groups in total. The Balaban J connectivity index is 1.55. The quantitative estimate of drug-likeness (QED) is 0.428. The number of hydrogen-bond acceptors (Lipinski definition) is 5. The number of aromatic nitrogens is 5. The monoisotopic (exact) mass is 490 g/mol. The largest absolute Gasteiger partial charge is 0.321 e. The fraction of sp³-hybridized carbons (Fsp3) is 0.655. The molecule has 1 aromatic carbocycles. The number of tetrazole rings is 1. The molecule has 7 heteroatoms. The second-order valence-corrected chi connectivity index (χ2v) is 11.5. The highest BCUT2D eigenvalue weighted by atomic mass is 16.1. The number of aryl methyl sites for hydroxylation is 2. The maximum atomic E-state index is 13.4. The van der Waals surface area contributed by atoms with Crippen LogP contribution in [0.3, 0.4) is 0 Å². The minimum atomic E-state index is 0.0198. The summed E-state index contributed by atoms with van der Waals surface area (Å²) in [5.41, 5.74) is 4.15. The van der Waals surface area contributed by atoms with Crippen LogP contribution in [-0.4, -0.2) is 36.1 Å². The molecule has 0 amide bonds. The summed E-state index contributed by atoms with van der Waals surface area (Å²) in [5.74, 6) is 1.30. The number of H-pyrrole nitrogens is 1. The zero-order valence-corrected chi connectivity index (χ0v) is 22.5. The molecule has 2 aromatic heterocycles. The van der Waals surface area contributed by atoms with Gasteiger partial charge >= 0.3 is 0 Å². The summed E-state index contributed by atoms with van der Waals surface area (Å²) in [6, 6.07) is 7.27.